The van der Waals surface area contributed by atoms with Gasteiger partial charge in [0, 0.05) is 35.4 Å². The Morgan fingerprint density at radius 3 is 2.44 bits per heavy atom. The van der Waals surface area contributed by atoms with E-state index in [-0.39, 0.29) is 11.5 Å². The molecule has 184 valence electrons. The summed E-state index contributed by atoms with van der Waals surface area (Å²) in [6, 6.07) is 17.5. The van der Waals surface area contributed by atoms with Gasteiger partial charge in [0.25, 0.3) is 11.8 Å². The van der Waals surface area contributed by atoms with E-state index >= 15 is 0 Å². The van der Waals surface area contributed by atoms with Gasteiger partial charge in [0.15, 0.2) is 6.61 Å². The quantitative estimate of drug-likeness (QED) is 0.285. The van der Waals surface area contributed by atoms with Gasteiger partial charge < -0.3 is 24.7 Å². The number of nitrogens with one attached hydrogen (secondary N) is 2. The van der Waals surface area contributed by atoms with Crippen molar-refractivity contribution in [3.63, 3.8) is 0 Å². The number of carbonyl (C=O) groups is 3. The van der Waals surface area contributed by atoms with Crippen LogP contribution in [-0.4, -0.2) is 43.1 Å². The molecular weight excluding hydrogens is 460 g/mol. The minimum atomic E-state index is -0.916. The molecule has 0 spiro atoms. The highest BCUT2D eigenvalue weighted by Crippen LogP contribution is 2.24. The number of amides is 2. The van der Waals surface area contributed by atoms with Crippen LogP contribution in [0.4, 0.5) is 5.69 Å². The number of esters is 1. The molecule has 0 bridgehead atoms. The molecule has 2 N–H and O–H groups in total. The zero-order valence-corrected chi connectivity index (χ0v) is 20.4. The lowest BCUT2D eigenvalue weighted by molar-refractivity contribution is -0.142. The van der Waals surface area contributed by atoms with Gasteiger partial charge in [0.2, 0.25) is 0 Å². The van der Waals surface area contributed by atoms with Crippen LogP contribution in [0.2, 0.25) is 0 Å². The number of anilines is 1. The van der Waals surface area contributed by atoms with Gasteiger partial charge in [-0.3, -0.25) is 9.59 Å². The standard InChI is InChI=1S/C27H26N4O5/c1-17-12-20(18(2)31(17)23-8-10-24(35-4)11-9-23)13-21(15-28)27(34)36-16-25(32)30-22-7-5-6-19(14-22)26(33)29-3/h5-14H,16H2,1-4H3,(H,29,33)(H,30,32)/b21-13+. The number of ether oxygens (including phenoxy) is 2. The highest BCUT2D eigenvalue weighted by Gasteiger charge is 2.16. The summed E-state index contributed by atoms with van der Waals surface area (Å²) in [5.41, 5.74) is 3.82. The summed E-state index contributed by atoms with van der Waals surface area (Å²) in [4.78, 5) is 36.5. The predicted octanol–water partition coefficient (Wildman–Crippen LogP) is 3.55. The molecule has 2 amide bonds. The zero-order chi connectivity index (χ0) is 26.2. The van der Waals surface area contributed by atoms with E-state index in [0.717, 1.165) is 22.8 Å². The molecule has 0 saturated carbocycles. The van der Waals surface area contributed by atoms with Crippen LogP contribution in [0.15, 0.2) is 60.2 Å². The molecular formula is C27H26N4O5. The minimum absolute atomic E-state index is 0.237. The van der Waals surface area contributed by atoms with Crippen molar-refractivity contribution >= 4 is 29.5 Å². The number of aryl methyl sites for hydroxylation is 1. The van der Waals surface area contributed by atoms with E-state index in [9.17, 15) is 19.6 Å². The van der Waals surface area contributed by atoms with Crippen LogP contribution in [0.5, 0.6) is 5.75 Å². The summed E-state index contributed by atoms with van der Waals surface area (Å²) < 4.78 is 12.2. The van der Waals surface area contributed by atoms with Gasteiger partial charge in [0.1, 0.15) is 17.4 Å². The third-order valence-corrected chi connectivity index (χ3v) is 5.41. The first-order valence-electron chi connectivity index (χ1n) is 11.0. The maximum Gasteiger partial charge on any atom is 0.349 e. The topological polar surface area (TPSA) is 122 Å². The number of hydrogen-bond donors (Lipinski definition) is 2. The van der Waals surface area contributed by atoms with E-state index in [1.165, 1.54) is 19.2 Å². The highest BCUT2D eigenvalue weighted by atomic mass is 16.5. The first kappa shape index (κ1) is 25.8. The Labute approximate surface area is 208 Å². The molecule has 0 fully saturated rings. The van der Waals surface area contributed by atoms with E-state index < -0.39 is 18.5 Å². The molecule has 0 saturated heterocycles. The fourth-order valence-electron chi connectivity index (χ4n) is 3.64. The smallest absolute Gasteiger partial charge is 0.349 e. The summed E-state index contributed by atoms with van der Waals surface area (Å²) in [5, 5.41) is 14.6. The van der Waals surface area contributed by atoms with Crippen LogP contribution < -0.4 is 15.4 Å². The van der Waals surface area contributed by atoms with Crippen LogP contribution in [0.3, 0.4) is 0 Å². The molecule has 0 aliphatic rings. The lowest BCUT2D eigenvalue weighted by atomic mass is 10.1. The number of nitriles is 1. The van der Waals surface area contributed by atoms with Crippen LogP contribution >= 0.6 is 0 Å². The first-order chi connectivity index (χ1) is 17.3. The fraction of sp³-hybridized carbons (Fsp3) is 0.185. The van der Waals surface area contributed by atoms with Crippen LogP contribution in [0, 0.1) is 25.2 Å². The molecule has 2 aromatic carbocycles. The van der Waals surface area contributed by atoms with Crippen LogP contribution in [-0.2, 0) is 14.3 Å². The maximum atomic E-state index is 12.5. The summed E-state index contributed by atoms with van der Waals surface area (Å²) in [6.07, 6.45) is 1.44. The van der Waals surface area contributed by atoms with E-state index in [4.69, 9.17) is 9.47 Å². The first-order valence-corrected chi connectivity index (χ1v) is 11.0. The van der Waals surface area contributed by atoms with Gasteiger partial charge in [-0.15, -0.1) is 0 Å². The lowest BCUT2D eigenvalue weighted by Gasteiger charge is -2.10. The molecule has 36 heavy (non-hydrogen) atoms. The molecule has 9 heteroatoms. The van der Waals surface area contributed by atoms with Crippen molar-refractivity contribution in [2.75, 3.05) is 26.1 Å². The van der Waals surface area contributed by atoms with Crippen LogP contribution in [0.25, 0.3) is 11.8 Å². The predicted molar refractivity (Wildman–Crippen MR) is 135 cm³/mol. The third kappa shape index (κ3) is 5.98. The summed E-state index contributed by atoms with van der Waals surface area (Å²) in [6.45, 7) is 3.21. The normalized spacial score (nSPS) is 10.8. The van der Waals surface area contributed by atoms with Crippen molar-refractivity contribution in [3.05, 3.63) is 82.7 Å². The molecule has 0 unspecified atom stereocenters. The Morgan fingerprint density at radius 1 is 1.08 bits per heavy atom. The third-order valence-electron chi connectivity index (χ3n) is 5.41. The van der Waals surface area contributed by atoms with E-state index in [1.807, 2.05) is 54.8 Å². The van der Waals surface area contributed by atoms with Crippen molar-refractivity contribution in [1.82, 2.24) is 9.88 Å². The van der Waals surface area contributed by atoms with Gasteiger partial charge in [0.05, 0.1) is 7.11 Å². The largest absolute Gasteiger partial charge is 0.497 e. The summed E-state index contributed by atoms with van der Waals surface area (Å²) in [5.74, 6) is -1.08. The average Bonchev–Trinajstić information content (AvgIpc) is 3.17. The Kier molecular flexibility index (Phi) is 8.26. The molecule has 0 atom stereocenters. The average molecular weight is 487 g/mol. The molecule has 1 aromatic heterocycles. The van der Waals surface area contributed by atoms with Crippen molar-refractivity contribution in [1.29, 1.82) is 5.26 Å². The fourth-order valence-corrected chi connectivity index (χ4v) is 3.64. The number of rotatable bonds is 8. The molecule has 3 rings (SSSR count). The van der Waals surface area contributed by atoms with Crippen molar-refractivity contribution in [3.8, 4) is 17.5 Å². The Hall–Kier alpha value is -4.84. The van der Waals surface area contributed by atoms with E-state index in [1.54, 1.807) is 25.3 Å². The van der Waals surface area contributed by atoms with Gasteiger partial charge in [-0.2, -0.15) is 5.26 Å². The molecule has 0 radical (unpaired) electrons. The highest BCUT2D eigenvalue weighted by molar-refractivity contribution is 6.01. The van der Waals surface area contributed by atoms with Crippen molar-refractivity contribution in [2.45, 2.75) is 13.8 Å². The SMILES string of the molecule is CNC(=O)c1cccc(NC(=O)COC(=O)/C(C#N)=C/c2cc(C)n(-c3ccc(OC)cc3)c2C)c1. The molecule has 1 heterocycles. The van der Waals surface area contributed by atoms with Gasteiger partial charge >= 0.3 is 5.97 Å². The van der Waals surface area contributed by atoms with Crippen LogP contribution in [0.1, 0.15) is 27.3 Å². The number of aromatic nitrogens is 1. The summed E-state index contributed by atoms with van der Waals surface area (Å²) >= 11 is 0. The van der Waals surface area contributed by atoms with E-state index in [0.29, 0.717) is 16.8 Å². The monoisotopic (exact) mass is 486 g/mol. The van der Waals surface area contributed by atoms with Crippen molar-refractivity contribution < 1.29 is 23.9 Å². The number of benzene rings is 2. The minimum Gasteiger partial charge on any atom is -0.497 e. The zero-order valence-electron chi connectivity index (χ0n) is 20.4. The van der Waals surface area contributed by atoms with E-state index in [2.05, 4.69) is 10.6 Å². The van der Waals surface area contributed by atoms with Gasteiger partial charge in [-0.1, -0.05) is 6.07 Å². The van der Waals surface area contributed by atoms with Crippen molar-refractivity contribution in [2.24, 2.45) is 0 Å². The van der Waals surface area contributed by atoms with Gasteiger partial charge in [-0.25, -0.2) is 4.79 Å². The number of carbonyl (C=O) groups excluding carboxylic acids is 3. The molecule has 0 aliphatic heterocycles. The number of methoxy groups -OCH3 is 1. The maximum absolute atomic E-state index is 12.5. The second-order valence-electron chi connectivity index (χ2n) is 7.81. The molecule has 9 nitrogen and oxygen atoms in total. The number of hydrogen-bond acceptors (Lipinski definition) is 6. The lowest BCUT2D eigenvalue weighted by Crippen LogP contribution is -2.22. The second kappa shape index (κ2) is 11.5. The Bertz CT molecular complexity index is 1360. The molecule has 3 aromatic rings. The Balaban J connectivity index is 1.70. The Morgan fingerprint density at radius 2 is 1.81 bits per heavy atom. The number of nitrogens with zero attached hydrogens (tertiary/aromatic N) is 2. The second-order valence-corrected chi connectivity index (χ2v) is 7.81. The molecule has 0 aliphatic carbocycles. The van der Waals surface area contributed by atoms with Gasteiger partial charge in [-0.05, 0) is 74.0 Å². The summed E-state index contributed by atoms with van der Waals surface area (Å²) in [7, 11) is 3.10.